The van der Waals surface area contributed by atoms with Crippen molar-refractivity contribution < 1.29 is 13.2 Å². The van der Waals surface area contributed by atoms with Crippen molar-refractivity contribution in [3.8, 4) is 0 Å². The zero-order valence-corrected chi connectivity index (χ0v) is 13.2. The monoisotopic (exact) mass is 334 g/mol. The van der Waals surface area contributed by atoms with Gasteiger partial charge >= 0.3 is 4.87 Å². The van der Waals surface area contributed by atoms with E-state index in [1.807, 2.05) is 4.90 Å². The Bertz CT molecular complexity index is 671. The largest absolute Gasteiger partial charge is 0.369 e. The topological polar surface area (TPSA) is 125 Å². The number of aryl methyl sites for hydroxylation is 1. The number of carbonyl (C=O) groups excluding carboxylic acids is 1. The molecule has 1 saturated heterocycles. The molecule has 0 saturated carbocycles. The normalized spacial score (nSPS) is 18.0. The summed E-state index contributed by atoms with van der Waals surface area (Å²) >= 11 is 0.686. The lowest BCUT2D eigenvalue weighted by atomic mass is 10.1. The van der Waals surface area contributed by atoms with Crippen LogP contribution in [-0.4, -0.2) is 49.9 Å². The third-order valence-corrected chi connectivity index (χ3v) is 6.44. The summed E-state index contributed by atoms with van der Waals surface area (Å²) in [6, 6.07) is -0.198. The maximum atomic E-state index is 12.2. The van der Waals surface area contributed by atoms with Crippen molar-refractivity contribution in [1.82, 2.24) is 14.6 Å². The summed E-state index contributed by atoms with van der Waals surface area (Å²) in [5, 5.41) is 0. The first-order chi connectivity index (χ1) is 9.78. The van der Waals surface area contributed by atoms with Gasteiger partial charge in [0.25, 0.3) is 10.0 Å². The molecule has 0 unspecified atom stereocenters. The van der Waals surface area contributed by atoms with E-state index >= 15 is 0 Å². The van der Waals surface area contributed by atoms with Crippen LogP contribution in [0, 0.1) is 6.92 Å². The smallest absolute Gasteiger partial charge is 0.305 e. The number of rotatable bonds is 5. The van der Waals surface area contributed by atoms with Crippen LogP contribution in [0.5, 0.6) is 0 Å². The van der Waals surface area contributed by atoms with Crippen molar-refractivity contribution in [2.24, 2.45) is 5.73 Å². The highest BCUT2D eigenvalue weighted by atomic mass is 32.2. The quantitative estimate of drug-likeness (QED) is 0.635. The maximum absolute atomic E-state index is 12.2. The van der Waals surface area contributed by atoms with Crippen LogP contribution in [0.4, 0.5) is 0 Å². The molecule has 0 radical (unpaired) electrons. The van der Waals surface area contributed by atoms with Gasteiger partial charge in [0.2, 0.25) is 5.91 Å². The van der Waals surface area contributed by atoms with Crippen molar-refractivity contribution in [2.75, 3.05) is 19.6 Å². The molecule has 1 fully saturated rings. The van der Waals surface area contributed by atoms with Crippen molar-refractivity contribution in [1.29, 1.82) is 0 Å². The molecule has 2 rings (SSSR count). The van der Waals surface area contributed by atoms with Crippen LogP contribution >= 0.6 is 11.3 Å². The fourth-order valence-electron chi connectivity index (χ4n) is 2.35. The number of likely N-dealkylation sites (tertiary alicyclic amines) is 1. The number of amides is 1. The molecule has 0 bridgehead atoms. The van der Waals surface area contributed by atoms with Crippen LogP contribution in [0.15, 0.2) is 9.00 Å². The number of nitrogens with one attached hydrogen (secondary N) is 2. The molecule has 10 heteroatoms. The molecule has 1 aromatic heterocycles. The van der Waals surface area contributed by atoms with Crippen LogP contribution < -0.4 is 15.3 Å². The van der Waals surface area contributed by atoms with Gasteiger partial charge in [-0.25, -0.2) is 13.1 Å². The Hall–Kier alpha value is -1.23. The zero-order valence-electron chi connectivity index (χ0n) is 11.6. The van der Waals surface area contributed by atoms with Gasteiger partial charge in [0.1, 0.15) is 0 Å². The van der Waals surface area contributed by atoms with Gasteiger partial charge in [-0.2, -0.15) is 0 Å². The molecule has 2 heterocycles. The minimum atomic E-state index is -3.68. The van der Waals surface area contributed by atoms with Gasteiger partial charge in [0, 0.05) is 24.8 Å². The van der Waals surface area contributed by atoms with Gasteiger partial charge in [0.15, 0.2) is 4.21 Å². The number of hydrogen-bond donors (Lipinski definition) is 3. The Labute approximate surface area is 126 Å². The highest BCUT2D eigenvalue weighted by molar-refractivity contribution is 7.91. The van der Waals surface area contributed by atoms with E-state index in [-0.39, 0.29) is 27.6 Å². The lowest BCUT2D eigenvalue weighted by Gasteiger charge is -2.31. The van der Waals surface area contributed by atoms with Gasteiger partial charge in [-0.1, -0.05) is 11.3 Å². The van der Waals surface area contributed by atoms with Gasteiger partial charge in [-0.3, -0.25) is 14.5 Å². The van der Waals surface area contributed by atoms with E-state index < -0.39 is 10.0 Å². The van der Waals surface area contributed by atoms with E-state index in [9.17, 15) is 18.0 Å². The molecule has 8 nitrogen and oxygen atoms in total. The number of piperidine rings is 1. The predicted octanol–water partition coefficient (Wildman–Crippen LogP) is -1.03. The fourth-order valence-corrected chi connectivity index (χ4v) is 4.97. The molecule has 1 aliphatic heterocycles. The number of aromatic amines is 1. The Balaban J connectivity index is 1.98. The van der Waals surface area contributed by atoms with E-state index in [0.29, 0.717) is 43.0 Å². The molecule has 118 valence electrons. The number of nitrogens with zero attached hydrogens (tertiary/aromatic N) is 1. The lowest BCUT2D eigenvalue weighted by Crippen LogP contribution is -2.46. The van der Waals surface area contributed by atoms with Gasteiger partial charge in [-0.05, 0) is 19.8 Å². The SMILES string of the molecule is Cc1[nH]c(=O)sc1S(=O)(=O)NC1CCN(CC(N)=O)CC1. The molecule has 1 amide bonds. The zero-order chi connectivity index (χ0) is 15.6. The number of carbonyl (C=O) groups is 1. The number of H-pyrrole nitrogens is 1. The maximum Gasteiger partial charge on any atom is 0.305 e. The van der Waals surface area contributed by atoms with Crippen molar-refractivity contribution in [3.05, 3.63) is 15.4 Å². The van der Waals surface area contributed by atoms with Crippen LogP contribution in [-0.2, 0) is 14.8 Å². The lowest BCUT2D eigenvalue weighted by molar-refractivity contribution is -0.119. The first kappa shape index (κ1) is 16.1. The minimum absolute atomic E-state index is 0.0343. The predicted molar refractivity (Wildman–Crippen MR) is 78.7 cm³/mol. The number of nitrogens with two attached hydrogens (primary N) is 1. The summed E-state index contributed by atoms with van der Waals surface area (Å²) in [5.41, 5.74) is 5.48. The molecule has 21 heavy (non-hydrogen) atoms. The van der Waals surface area contributed by atoms with Gasteiger partial charge in [-0.15, -0.1) is 0 Å². The molecule has 0 aromatic carbocycles. The van der Waals surface area contributed by atoms with Crippen LogP contribution in [0.3, 0.4) is 0 Å². The molecule has 0 spiro atoms. The van der Waals surface area contributed by atoms with E-state index in [1.54, 1.807) is 6.92 Å². The Morgan fingerprint density at radius 3 is 2.57 bits per heavy atom. The molecule has 0 aliphatic carbocycles. The Morgan fingerprint density at radius 2 is 2.10 bits per heavy atom. The number of aromatic nitrogens is 1. The summed E-state index contributed by atoms with van der Waals surface area (Å²) in [6.07, 6.45) is 1.20. The Morgan fingerprint density at radius 1 is 1.48 bits per heavy atom. The number of thiazole rings is 1. The van der Waals surface area contributed by atoms with Crippen molar-refractivity contribution in [3.63, 3.8) is 0 Å². The van der Waals surface area contributed by atoms with Crippen LogP contribution in [0.2, 0.25) is 0 Å². The third kappa shape index (κ3) is 4.13. The highest BCUT2D eigenvalue weighted by Crippen LogP contribution is 2.18. The van der Waals surface area contributed by atoms with Crippen LogP contribution in [0.1, 0.15) is 18.5 Å². The van der Waals surface area contributed by atoms with Crippen molar-refractivity contribution in [2.45, 2.75) is 30.0 Å². The van der Waals surface area contributed by atoms with Gasteiger partial charge in [0.05, 0.1) is 6.54 Å². The number of hydrogen-bond acceptors (Lipinski definition) is 6. The Kier molecular flexibility index (Phi) is 4.81. The van der Waals surface area contributed by atoms with Gasteiger partial charge < -0.3 is 10.7 Å². The molecule has 4 N–H and O–H groups in total. The van der Waals surface area contributed by atoms with E-state index in [2.05, 4.69) is 9.71 Å². The molecular weight excluding hydrogens is 316 g/mol. The first-order valence-corrected chi connectivity index (χ1v) is 8.80. The third-order valence-electron chi connectivity index (χ3n) is 3.31. The van der Waals surface area contributed by atoms with E-state index in [1.165, 1.54) is 0 Å². The fraction of sp³-hybridized carbons (Fsp3) is 0.636. The molecule has 1 aromatic rings. The van der Waals surface area contributed by atoms with E-state index in [0.717, 1.165) is 0 Å². The molecular formula is C11H18N4O4S2. The summed E-state index contributed by atoms with van der Waals surface area (Å²) in [7, 11) is -3.68. The van der Waals surface area contributed by atoms with Crippen molar-refractivity contribution >= 4 is 27.3 Å². The van der Waals surface area contributed by atoms with Crippen LogP contribution in [0.25, 0.3) is 0 Å². The molecule has 1 aliphatic rings. The summed E-state index contributed by atoms with van der Waals surface area (Å²) in [4.78, 5) is 26.0. The second-order valence-electron chi connectivity index (χ2n) is 5.06. The second-order valence-corrected chi connectivity index (χ2v) is 7.96. The number of sulfonamides is 1. The highest BCUT2D eigenvalue weighted by Gasteiger charge is 2.27. The summed E-state index contributed by atoms with van der Waals surface area (Å²) in [6.45, 7) is 2.97. The molecule has 0 atom stereocenters. The average Bonchev–Trinajstić information content (AvgIpc) is 2.71. The summed E-state index contributed by atoms with van der Waals surface area (Å²) in [5.74, 6) is -0.387. The second kappa shape index (κ2) is 6.26. The average molecular weight is 334 g/mol. The standard InChI is InChI=1S/C11H18N4O4S2/c1-7-10(20-11(17)13-7)21(18,19)14-8-2-4-15(5-3-8)6-9(12)16/h8,14H,2-6H2,1H3,(H2,12,16)(H,13,17). The van der Waals surface area contributed by atoms with E-state index in [4.69, 9.17) is 5.73 Å². The summed E-state index contributed by atoms with van der Waals surface area (Å²) < 4.78 is 27.1. The first-order valence-electron chi connectivity index (χ1n) is 6.50. The minimum Gasteiger partial charge on any atom is -0.369 e. The number of primary amides is 1.